The third-order valence-corrected chi connectivity index (χ3v) is 4.38. The van der Waals surface area contributed by atoms with Crippen molar-refractivity contribution in [3.8, 4) is 5.75 Å². The van der Waals surface area contributed by atoms with E-state index in [4.69, 9.17) is 36.8 Å². The maximum Gasteiger partial charge on any atom is 0.530 e. The molecule has 8 nitrogen and oxygen atoms in total. The van der Waals surface area contributed by atoms with Crippen LogP contribution in [-0.2, 0) is 13.6 Å². The second-order valence-electron chi connectivity index (χ2n) is 4.22. The van der Waals surface area contributed by atoms with E-state index in [2.05, 4.69) is 20.3 Å². The number of phosphoric acid groups is 1. The number of anilines is 2. The van der Waals surface area contributed by atoms with Crippen LogP contribution in [0.15, 0.2) is 24.3 Å². The van der Waals surface area contributed by atoms with Crippen molar-refractivity contribution >= 4 is 42.7 Å². The quantitative estimate of drug-likeness (QED) is 0.656. The van der Waals surface area contributed by atoms with E-state index in [1.54, 1.807) is 38.1 Å². The Hall–Kier alpha value is -1.44. The Labute approximate surface area is 149 Å². The number of phosphoric ester groups is 1. The highest BCUT2D eigenvalue weighted by Crippen LogP contribution is 2.49. The molecule has 11 heteroatoms. The fourth-order valence-electron chi connectivity index (χ4n) is 1.68. The van der Waals surface area contributed by atoms with Gasteiger partial charge in [-0.05, 0) is 49.2 Å². The Morgan fingerprint density at radius 1 is 1.08 bits per heavy atom. The summed E-state index contributed by atoms with van der Waals surface area (Å²) < 4.78 is 27.9. The molecule has 0 spiro atoms. The van der Waals surface area contributed by atoms with Crippen LogP contribution < -0.4 is 9.84 Å². The van der Waals surface area contributed by atoms with Crippen LogP contribution in [0.3, 0.4) is 0 Å². The molecular formula is C13H15Cl2N4O4P. The molecule has 24 heavy (non-hydrogen) atoms. The number of halogens is 2. The molecule has 0 fully saturated rings. The first-order chi connectivity index (χ1) is 11.4. The van der Waals surface area contributed by atoms with E-state index in [-0.39, 0.29) is 35.5 Å². The Bertz CT molecular complexity index is 719. The van der Waals surface area contributed by atoms with Crippen molar-refractivity contribution < 1.29 is 18.1 Å². The topological polar surface area (TPSA) is 95.5 Å². The standard InChI is InChI=1S/C13H15Cl2N4O4P/c1-3-21-24(20,22-4-2)23-10-7-5-6-9(8-10)16-13-18-11(14)17-12(15)19-13/h5-8H,3-4H2,1-2H3,(H,16,17,18,19). The van der Waals surface area contributed by atoms with E-state index in [0.29, 0.717) is 5.69 Å². The predicted octanol–water partition coefficient (Wildman–Crippen LogP) is 4.48. The molecule has 1 heterocycles. The summed E-state index contributed by atoms with van der Waals surface area (Å²) in [6.45, 7) is 3.77. The van der Waals surface area contributed by atoms with Gasteiger partial charge in [0.05, 0.1) is 13.2 Å². The molecule has 0 bridgehead atoms. The minimum atomic E-state index is -3.67. The molecule has 0 saturated carbocycles. The van der Waals surface area contributed by atoms with Gasteiger partial charge in [-0.1, -0.05) is 6.07 Å². The second kappa shape index (κ2) is 8.60. The predicted molar refractivity (Wildman–Crippen MR) is 91.1 cm³/mol. The number of hydrogen-bond donors (Lipinski definition) is 1. The van der Waals surface area contributed by atoms with Crippen molar-refractivity contribution in [3.05, 3.63) is 34.8 Å². The van der Waals surface area contributed by atoms with Crippen molar-refractivity contribution in [1.29, 1.82) is 0 Å². The maximum atomic E-state index is 12.4. The van der Waals surface area contributed by atoms with E-state index in [1.807, 2.05) is 0 Å². The summed E-state index contributed by atoms with van der Waals surface area (Å²) in [5, 5.41) is 2.81. The summed E-state index contributed by atoms with van der Waals surface area (Å²) in [7, 11) is -3.67. The van der Waals surface area contributed by atoms with Crippen molar-refractivity contribution in [2.75, 3.05) is 18.5 Å². The van der Waals surface area contributed by atoms with Crippen LogP contribution in [0.25, 0.3) is 0 Å². The van der Waals surface area contributed by atoms with Gasteiger partial charge < -0.3 is 9.84 Å². The molecule has 0 unspecified atom stereocenters. The highest BCUT2D eigenvalue weighted by atomic mass is 35.5. The van der Waals surface area contributed by atoms with E-state index >= 15 is 0 Å². The molecular weight excluding hydrogens is 378 g/mol. The van der Waals surface area contributed by atoms with Gasteiger partial charge in [0, 0.05) is 11.8 Å². The fourth-order valence-corrected chi connectivity index (χ4v) is 3.22. The van der Waals surface area contributed by atoms with Crippen molar-refractivity contribution in [3.63, 3.8) is 0 Å². The lowest BCUT2D eigenvalue weighted by molar-refractivity contribution is 0.167. The summed E-state index contributed by atoms with van der Waals surface area (Å²) in [6, 6.07) is 6.61. The Kier molecular flexibility index (Phi) is 6.77. The van der Waals surface area contributed by atoms with Crippen molar-refractivity contribution in [2.24, 2.45) is 0 Å². The summed E-state index contributed by atoms with van der Waals surface area (Å²) in [5.41, 5.74) is 0.561. The molecule has 0 aliphatic carbocycles. The summed E-state index contributed by atoms with van der Waals surface area (Å²) in [4.78, 5) is 11.4. The number of aromatic nitrogens is 3. The van der Waals surface area contributed by atoms with Crippen LogP contribution >= 0.6 is 31.0 Å². The molecule has 1 aromatic carbocycles. The zero-order valence-electron chi connectivity index (χ0n) is 12.9. The third-order valence-electron chi connectivity index (χ3n) is 2.46. The largest absolute Gasteiger partial charge is 0.530 e. The van der Waals surface area contributed by atoms with Crippen LogP contribution in [0.5, 0.6) is 5.75 Å². The molecule has 1 aromatic heterocycles. The smallest absolute Gasteiger partial charge is 0.404 e. The SMILES string of the molecule is CCOP(=O)(OCC)Oc1cccc(Nc2nc(Cl)nc(Cl)n2)c1. The molecule has 0 amide bonds. The molecule has 0 aliphatic rings. The Morgan fingerprint density at radius 2 is 1.71 bits per heavy atom. The molecule has 130 valence electrons. The molecule has 0 atom stereocenters. The molecule has 0 aliphatic heterocycles. The average molecular weight is 393 g/mol. The highest BCUT2D eigenvalue weighted by molar-refractivity contribution is 7.48. The number of nitrogens with zero attached hydrogens (tertiary/aromatic N) is 3. The highest BCUT2D eigenvalue weighted by Gasteiger charge is 2.27. The van der Waals surface area contributed by atoms with E-state index in [9.17, 15) is 4.57 Å². The minimum Gasteiger partial charge on any atom is -0.404 e. The van der Waals surface area contributed by atoms with Crippen LogP contribution in [-0.4, -0.2) is 28.2 Å². The first-order valence-corrected chi connectivity index (χ1v) is 9.18. The summed E-state index contributed by atoms with van der Waals surface area (Å²) >= 11 is 11.4. The van der Waals surface area contributed by atoms with Gasteiger partial charge in [0.1, 0.15) is 5.75 Å². The summed E-state index contributed by atoms with van der Waals surface area (Å²) in [6.07, 6.45) is 0. The minimum absolute atomic E-state index is 0.0397. The molecule has 0 saturated heterocycles. The van der Waals surface area contributed by atoms with E-state index in [0.717, 1.165) is 0 Å². The molecule has 2 rings (SSSR count). The number of hydrogen-bond acceptors (Lipinski definition) is 8. The Morgan fingerprint density at radius 3 is 2.29 bits per heavy atom. The zero-order valence-corrected chi connectivity index (χ0v) is 15.3. The van der Waals surface area contributed by atoms with Crippen LogP contribution in [0, 0.1) is 0 Å². The lowest BCUT2D eigenvalue weighted by Gasteiger charge is -2.17. The van der Waals surface area contributed by atoms with Gasteiger partial charge >= 0.3 is 7.82 Å². The molecule has 2 aromatic rings. The lowest BCUT2D eigenvalue weighted by Crippen LogP contribution is -2.03. The Balaban J connectivity index is 2.17. The molecule has 1 N–H and O–H groups in total. The third kappa shape index (κ3) is 5.58. The zero-order chi connectivity index (χ0) is 17.6. The average Bonchev–Trinajstić information content (AvgIpc) is 2.46. The second-order valence-corrected chi connectivity index (χ2v) is 6.49. The number of benzene rings is 1. The van der Waals surface area contributed by atoms with Crippen molar-refractivity contribution in [1.82, 2.24) is 15.0 Å². The summed E-state index contributed by atoms with van der Waals surface area (Å²) in [5.74, 6) is 0.450. The van der Waals surface area contributed by atoms with Gasteiger partial charge in [-0.2, -0.15) is 15.0 Å². The normalized spacial score (nSPS) is 11.3. The van der Waals surface area contributed by atoms with E-state index in [1.165, 1.54) is 0 Å². The van der Waals surface area contributed by atoms with Crippen LogP contribution in [0.4, 0.5) is 11.6 Å². The van der Waals surface area contributed by atoms with Crippen molar-refractivity contribution in [2.45, 2.75) is 13.8 Å². The van der Waals surface area contributed by atoms with Gasteiger partial charge in [0.15, 0.2) is 0 Å². The number of nitrogens with one attached hydrogen (secondary N) is 1. The fraction of sp³-hybridized carbons (Fsp3) is 0.308. The van der Waals surface area contributed by atoms with Gasteiger partial charge in [-0.3, -0.25) is 9.05 Å². The molecule has 0 radical (unpaired) electrons. The maximum absolute atomic E-state index is 12.4. The lowest BCUT2D eigenvalue weighted by atomic mass is 10.3. The van der Waals surface area contributed by atoms with Gasteiger partial charge in [-0.15, -0.1) is 0 Å². The van der Waals surface area contributed by atoms with E-state index < -0.39 is 7.82 Å². The van der Waals surface area contributed by atoms with Gasteiger partial charge in [0.25, 0.3) is 0 Å². The van der Waals surface area contributed by atoms with Crippen LogP contribution in [0.1, 0.15) is 13.8 Å². The number of rotatable bonds is 8. The monoisotopic (exact) mass is 392 g/mol. The first-order valence-electron chi connectivity index (χ1n) is 6.97. The van der Waals surface area contributed by atoms with Crippen LogP contribution in [0.2, 0.25) is 10.6 Å². The van der Waals surface area contributed by atoms with Gasteiger partial charge in [-0.25, -0.2) is 4.57 Å². The van der Waals surface area contributed by atoms with Gasteiger partial charge in [0.2, 0.25) is 16.5 Å². The first kappa shape index (κ1) is 18.9.